The van der Waals surface area contributed by atoms with Gasteiger partial charge in [0, 0.05) is 6.54 Å². The molecule has 0 amide bonds. The van der Waals surface area contributed by atoms with Gasteiger partial charge in [-0.1, -0.05) is 19.8 Å². The van der Waals surface area contributed by atoms with Crippen LogP contribution < -0.4 is 5.32 Å². The molecule has 2 rings (SSSR count). The first-order valence-electron chi connectivity index (χ1n) is 6.07. The normalized spacial score (nSPS) is 31.1. The number of thioether (sulfide) groups is 1. The minimum Gasteiger partial charge on any atom is -0.316 e. The molecule has 1 nitrogen and oxygen atoms in total. The van der Waals surface area contributed by atoms with Gasteiger partial charge in [0.05, 0.1) is 0 Å². The summed E-state index contributed by atoms with van der Waals surface area (Å²) < 4.78 is 0. The molecule has 2 heteroatoms. The predicted molar refractivity (Wildman–Crippen MR) is 64.9 cm³/mol. The van der Waals surface area contributed by atoms with Crippen LogP contribution >= 0.6 is 11.8 Å². The van der Waals surface area contributed by atoms with Crippen LogP contribution in [0.3, 0.4) is 0 Å². The van der Waals surface area contributed by atoms with Crippen molar-refractivity contribution < 1.29 is 0 Å². The fourth-order valence-corrected chi connectivity index (χ4v) is 4.01. The highest BCUT2D eigenvalue weighted by atomic mass is 32.2. The van der Waals surface area contributed by atoms with Crippen LogP contribution in [-0.2, 0) is 0 Å². The number of hydrogen-bond donors (Lipinski definition) is 1. The highest BCUT2D eigenvalue weighted by Gasteiger charge is 2.28. The van der Waals surface area contributed by atoms with E-state index < -0.39 is 0 Å². The van der Waals surface area contributed by atoms with Gasteiger partial charge in [0.25, 0.3) is 0 Å². The van der Waals surface area contributed by atoms with Crippen molar-refractivity contribution in [2.45, 2.75) is 39.0 Å². The van der Waals surface area contributed by atoms with Gasteiger partial charge in [-0.25, -0.2) is 0 Å². The van der Waals surface area contributed by atoms with E-state index in [1.807, 2.05) is 0 Å². The van der Waals surface area contributed by atoms with Gasteiger partial charge < -0.3 is 5.32 Å². The second kappa shape index (κ2) is 4.89. The van der Waals surface area contributed by atoms with Crippen LogP contribution in [-0.4, -0.2) is 24.6 Å². The van der Waals surface area contributed by atoms with E-state index in [-0.39, 0.29) is 0 Å². The summed E-state index contributed by atoms with van der Waals surface area (Å²) in [6.07, 6.45) is 7.24. The number of rotatable bonds is 4. The number of nitrogens with one attached hydrogen (secondary N) is 1. The second-order valence-corrected chi connectivity index (χ2v) is 6.53. The van der Waals surface area contributed by atoms with E-state index in [0.717, 1.165) is 5.92 Å². The van der Waals surface area contributed by atoms with Crippen LogP contribution in [0.2, 0.25) is 0 Å². The van der Waals surface area contributed by atoms with Crippen molar-refractivity contribution in [2.75, 3.05) is 24.6 Å². The van der Waals surface area contributed by atoms with E-state index in [9.17, 15) is 0 Å². The first-order valence-corrected chi connectivity index (χ1v) is 7.22. The Kier molecular flexibility index (Phi) is 3.78. The molecule has 1 N–H and O–H groups in total. The maximum atomic E-state index is 3.70. The zero-order valence-electron chi connectivity index (χ0n) is 9.35. The third kappa shape index (κ3) is 2.90. The fourth-order valence-electron chi connectivity index (χ4n) is 2.73. The van der Waals surface area contributed by atoms with Crippen molar-refractivity contribution in [1.82, 2.24) is 5.32 Å². The lowest BCUT2D eigenvalue weighted by atomic mass is 9.89. The minimum absolute atomic E-state index is 0.631. The predicted octanol–water partition coefficient (Wildman–Crippen LogP) is 2.91. The van der Waals surface area contributed by atoms with Crippen molar-refractivity contribution in [3.63, 3.8) is 0 Å². The van der Waals surface area contributed by atoms with E-state index in [0.29, 0.717) is 5.41 Å². The largest absolute Gasteiger partial charge is 0.316 e. The van der Waals surface area contributed by atoms with Gasteiger partial charge in [-0.05, 0) is 48.6 Å². The van der Waals surface area contributed by atoms with E-state index in [2.05, 4.69) is 24.0 Å². The SMILES string of the molecule is CC1(CNCC2CCSC2)CCCC1. The Morgan fingerprint density at radius 3 is 2.79 bits per heavy atom. The molecule has 1 heterocycles. The standard InChI is InChI=1S/C12H23NS/c1-12(5-2-3-6-12)10-13-8-11-4-7-14-9-11/h11,13H,2-10H2,1H3. The first-order chi connectivity index (χ1) is 6.79. The average molecular weight is 213 g/mol. The molecule has 1 saturated carbocycles. The molecule has 1 saturated heterocycles. The Bertz CT molecular complexity index is 169. The summed E-state index contributed by atoms with van der Waals surface area (Å²) in [6, 6.07) is 0. The molecule has 0 spiro atoms. The third-order valence-electron chi connectivity index (χ3n) is 3.82. The van der Waals surface area contributed by atoms with E-state index in [1.54, 1.807) is 0 Å². The van der Waals surface area contributed by atoms with Crippen LogP contribution in [0, 0.1) is 11.3 Å². The molecule has 2 aliphatic rings. The summed E-state index contributed by atoms with van der Waals surface area (Å²) in [7, 11) is 0. The molecule has 0 aromatic rings. The van der Waals surface area contributed by atoms with Crippen molar-refractivity contribution >= 4 is 11.8 Å². The van der Waals surface area contributed by atoms with E-state index in [1.165, 1.54) is 56.7 Å². The number of hydrogen-bond acceptors (Lipinski definition) is 2. The average Bonchev–Trinajstić information content (AvgIpc) is 2.77. The van der Waals surface area contributed by atoms with E-state index >= 15 is 0 Å². The molecular weight excluding hydrogens is 190 g/mol. The third-order valence-corrected chi connectivity index (χ3v) is 5.05. The second-order valence-electron chi connectivity index (χ2n) is 5.38. The van der Waals surface area contributed by atoms with Crippen molar-refractivity contribution in [3.05, 3.63) is 0 Å². The van der Waals surface area contributed by atoms with Gasteiger partial charge in [-0.3, -0.25) is 0 Å². The molecule has 1 aliphatic heterocycles. The molecule has 0 bridgehead atoms. The van der Waals surface area contributed by atoms with Gasteiger partial charge in [0.1, 0.15) is 0 Å². The van der Waals surface area contributed by atoms with Crippen LogP contribution in [0.1, 0.15) is 39.0 Å². The highest BCUT2D eigenvalue weighted by molar-refractivity contribution is 7.99. The molecular formula is C12H23NS. The molecule has 0 aromatic heterocycles. The highest BCUT2D eigenvalue weighted by Crippen LogP contribution is 2.36. The first kappa shape index (κ1) is 10.8. The van der Waals surface area contributed by atoms with Gasteiger partial charge >= 0.3 is 0 Å². The summed E-state index contributed by atoms with van der Waals surface area (Å²) in [4.78, 5) is 0. The molecule has 14 heavy (non-hydrogen) atoms. The fraction of sp³-hybridized carbons (Fsp3) is 1.00. The molecule has 0 aromatic carbocycles. The topological polar surface area (TPSA) is 12.0 Å². The maximum Gasteiger partial charge on any atom is 0.000528 e. The summed E-state index contributed by atoms with van der Waals surface area (Å²) in [5.41, 5.74) is 0.631. The molecule has 1 aliphatic carbocycles. The van der Waals surface area contributed by atoms with Gasteiger partial charge in [0.2, 0.25) is 0 Å². The zero-order chi connectivity index (χ0) is 9.86. The van der Waals surface area contributed by atoms with E-state index in [4.69, 9.17) is 0 Å². The zero-order valence-corrected chi connectivity index (χ0v) is 10.2. The maximum absolute atomic E-state index is 3.70. The quantitative estimate of drug-likeness (QED) is 0.770. The van der Waals surface area contributed by atoms with Crippen LogP contribution in [0.4, 0.5) is 0 Å². The minimum atomic E-state index is 0.631. The van der Waals surface area contributed by atoms with Gasteiger partial charge in [-0.15, -0.1) is 0 Å². The van der Waals surface area contributed by atoms with Crippen LogP contribution in [0.15, 0.2) is 0 Å². The Labute approximate surface area is 92.4 Å². The molecule has 1 atom stereocenters. The summed E-state index contributed by atoms with van der Waals surface area (Å²) in [6.45, 7) is 4.98. The molecule has 1 unspecified atom stereocenters. The van der Waals surface area contributed by atoms with Crippen LogP contribution in [0.25, 0.3) is 0 Å². The van der Waals surface area contributed by atoms with Crippen LogP contribution in [0.5, 0.6) is 0 Å². The Morgan fingerprint density at radius 2 is 2.14 bits per heavy atom. The van der Waals surface area contributed by atoms with Gasteiger partial charge in [0.15, 0.2) is 0 Å². The molecule has 82 valence electrons. The Hall–Kier alpha value is 0.310. The van der Waals surface area contributed by atoms with Gasteiger partial charge in [-0.2, -0.15) is 11.8 Å². The summed E-state index contributed by atoms with van der Waals surface area (Å²) in [5.74, 6) is 3.75. The molecule has 2 fully saturated rings. The lowest BCUT2D eigenvalue weighted by molar-refractivity contribution is 0.307. The van der Waals surface area contributed by atoms with Crippen molar-refractivity contribution in [1.29, 1.82) is 0 Å². The molecule has 0 radical (unpaired) electrons. The monoisotopic (exact) mass is 213 g/mol. The Balaban J connectivity index is 1.61. The lowest BCUT2D eigenvalue weighted by Crippen LogP contribution is -2.33. The van der Waals surface area contributed by atoms with Crippen molar-refractivity contribution in [3.8, 4) is 0 Å². The Morgan fingerprint density at radius 1 is 1.36 bits per heavy atom. The van der Waals surface area contributed by atoms with Crippen molar-refractivity contribution in [2.24, 2.45) is 11.3 Å². The lowest BCUT2D eigenvalue weighted by Gasteiger charge is -2.24. The summed E-state index contributed by atoms with van der Waals surface area (Å²) >= 11 is 2.12. The summed E-state index contributed by atoms with van der Waals surface area (Å²) in [5, 5.41) is 3.70. The smallest absolute Gasteiger partial charge is 0.000528 e.